The second-order valence-corrected chi connectivity index (χ2v) is 16.6. The molecule has 0 unspecified atom stereocenters. The van der Waals surface area contributed by atoms with Crippen LogP contribution in [0, 0.1) is 13.7 Å². The van der Waals surface area contributed by atoms with Crippen molar-refractivity contribution in [3.8, 4) is 67.5 Å². The number of fused-ring (bicyclic) bond motifs is 1. The van der Waals surface area contributed by atoms with Crippen LogP contribution in [-0.4, -0.2) is 19.6 Å². The summed E-state index contributed by atoms with van der Waals surface area (Å²) < 4.78 is 86.0. The number of aryl methyl sites for hydroxylation is 1. The van der Waals surface area contributed by atoms with Gasteiger partial charge in [-0.25, -0.2) is 4.98 Å². The van der Waals surface area contributed by atoms with Gasteiger partial charge in [-0.15, -0.1) is 0 Å². The average molecular weight is 770 g/mol. The molecule has 2 aromatic heterocycles. The Labute approximate surface area is 358 Å². The smallest absolute Gasteiger partial charge is 0.149 e. The predicted molar refractivity (Wildman–Crippen MR) is 244 cm³/mol. The summed E-state index contributed by atoms with van der Waals surface area (Å²) in [6, 6.07) is 32.1. The summed E-state index contributed by atoms with van der Waals surface area (Å²) >= 11 is 0. The summed E-state index contributed by atoms with van der Waals surface area (Å²) in [5.41, 5.74) is 8.82. The lowest BCUT2D eigenvalue weighted by Crippen LogP contribution is -2.11. The fourth-order valence-corrected chi connectivity index (χ4v) is 7.50. The van der Waals surface area contributed by atoms with Crippen molar-refractivity contribution >= 4 is 11.0 Å². The number of phenolic OH excluding ortho intramolecular Hbond substituents is 1. The van der Waals surface area contributed by atoms with E-state index in [1.54, 1.807) is 24.3 Å². The van der Waals surface area contributed by atoms with E-state index in [-0.39, 0.29) is 34.1 Å². The van der Waals surface area contributed by atoms with Gasteiger partial charge in [0.15, 0.2) is 0 Å². The number of hydrogen-bond acceptors (Lipinski definition) is 3. The van der Waals surface area contributed by atoms with Gasteiger partial charge in [0.05, 0.1) is 27.8 Å². The van der Waals surface area contributed by atoms with Crippen LogP contribution in [-0.2, 0) is 5.41 Å². The van der Waals surface area contributed by atoms with Gasteiger partial charge in [-0.1, -0.05) is 139 Å². The fraction of sp³-hybridized carbons (Fsp3) is 0.222. The Hall–Kier alpha value is -6.26. The van der Waals surface area contributed by atoms with Crippen molar-refractivity contribution in [2.75, 3.05) is 0 Å². The maximum absolute atomic E-state index is 12.2. The number of phenols is 1. The minimum Gasteiger partial charge on any atom is -0.507 e. The molecule has 6 aromatic carbocycles. The zero-order valence-electron chi connectivity index (χ0n) is 43.9. The van der Waals surface area contributed by atoms with Crippen LogP contribution in [0.1, 0.15) is 102 Å². The van der Waals surface area contributed by atoms with E-state index in [2.05, 4.69) is 40.7 Å². The van der Waals surface area contributed by atoms with Crippen LogP contribution in [0.25, 0.3) is 72.7 Å². The molecule has 8 rings (SSSR count). The second kappa shape index (κ2) is 15.2. The molecule has 58 heavy (non-hydrogen) atoms. The van der Waals surface area contributed by atoms with E-state index in [1.165, 1.54) is 6.20 Å². The Balaban J connectivity index is 1.42. The number of imidazole rings is 1. The Morgan fingerprint density at radius 3 is 2.10 bits per heavy atom. The first-order chi connectivity index (χ1) is 31.8. The van der Waals surface area contributed by atoms with Gasteiger partial charge in [0.1, 0.15) is 11.6 Å². The molecule has 0 spiro atoms. The summed E-state index contributed by atoms with van der Waals surface area (Å²) in [6.45, 7) is 9.29. The third-order valence-corrected chi connectivity index (χ3v) is 10.7. The Bertz CT molecular complexity index is 3220. The fourth-order valence-electron chi connectivity index (χ4n) is 7.50. The van der Waals surface area contributed by atoms with Crippen molar-refractivity contribution in [1.29, 1.82) is 0 Å². The van der Waals surface area contributed by atoms with Crippen molar-refractivity contribution in [3.05, 3.63) is 167 Å². The van der Waals surface area contributed by atoms with Crippen LogP contribution in [0.4, 0.5) is 0 Å². The molecular formula is C54H53N3O. The van der Waals surface area contributed by atoms with E-state index in [1.807, 2.05) is 97.3 Å². The van der Waals surface area contributed by atoms with Crippen LogP contribution in [0.15, 0.2) is 140 Å². The molecule has 0 aliphatic rings. The topological polar surface area (TPSA) is 50.9 Å². The summed E-state index contributed by atoms with van der Waals surface area (Å²) in [7, 11) is 0. The number of aromatic nitrogens is 3. The number of pyridine rings is 1. The van der Waals surface area contributed by atoms with Crippen molar-refractivity contribution in [3.63, 3.8) is 0 Å². The van der Waals surface area contributed by atoms with Crippen molar-refractivity contribution in [1.82, 2.24) is 14.5 Å². The first-order valence-corrected chi connectivity index (χ1v) is 19.7. The predicted octanol–water partition coefficient (Wildman–Crippen LogP) is 14.6. The van der Waals surface area contributed by atoms with Crippen LogP contribution in [0.5, 0.6) is 5.75 Å². The maximum Gasteiger partial charge on any atom is 0.149 e. The quantitative estimate of drug-likeness (QED) is 0.167. The molecule has 0 aliphatic heterocycles. The van der Waals surface area contributed by atoms with Crippen LogP contribution >= 0.6 is 0 Å². The number of para-hydroxylation sites is 1. The Kier molecular flexibility index (Phi) is 7.41. The molecule has 0 radical (unpaired) electrons. The molecule has 0 amide bonds. The molecule has 0 atom stereocenters. The van der Waals surface area contributed by atoms with Crippen molar-refractivity contribution in [2.24, 2.45) is 0 Å². The zero-order chi connectivity index (χ0) is 49.4. The van der Waals surface area contributed by atoms with Crippen molar-refractivity contribution < 1.29 is 18.8 Å². The summed E-state index contributed by atoms with van der Waals surface area (Å²) in [6.07, 6.45) is 1.53. The molecule has 290 valence electrons. The highest BCUT2D eigenvalue weighted by atomic mass is 16.3. The van der Waals surface area contributed by atoms with Gasteiger partial charge in [-0.3, -0.25) is 9.55 Å². The molecule has 2 heterocycles. The molecule has 0 bridgehead atoms. The molecule has 1 N–H and O–H groups in total. The van der Waals surface area contributed by atoms with Crippen LogP contribution in [0.2, 0.25) is 0 Å². The van der Waals surface area contributed by atoms with E-state index < -0.39 is 43.4 Å². The molecule has 4 heteroatoms. The first-order valence-electron chi connectivity index (χ1n) is 24.7. The highest BCUT2D eigenvalue weighted by Gasteiger charge is 2.25. The Morgan fingerprint density at radius 1 is 0.638 bits per heavy atom. The SMILES string of the molecule is [2H]c1c([2H])c(C([2H])([2H])[2H])c([2H])c([2H])c1-c1ccnc(-c2cc(-c3cccc4c3nc(-c3cc(C(C)C)cc(C(C)C)c3O)n4-c3cc(-c4ccccc4)cc(C([2H])([2H])[2H])c3)cc(C(C)(C)C)c2)c1. The number of nitrogens with zero attached hydrogens (tertiary/aromatic N) is 3. The molecular weight excluding hydrogens is 707 g/mol. The standard InChI is InChI=1S/C54H53N3O/c1-33(2)40-30-47(34(3)4)52(58)48(31-40)53-56-51-46(16-13-17-50(51)57(53)45-25-36(6)24-41(29-45)37-14-11-10-12-15-37)42-26-43(28-44(27-42)54(7,8)9)49-32-39(22-23-55-49)38-20-18-35(5)19-21-38/h10-34,58H,1-9H3/i5D3,6D3,18D,19D,20D,21D. The van der Waals surface area contributed by atoms with Gasteiger partial charge in [-0.2, -0.15) is 0 Å². The summed E-state index contributed by atoms with van der Waals surface area (Å²) in [4.78, 5) is 10.2. The monoisotopic (exact) mass is 769 g/mol. The lowest BCUT2D eigenvalue weighted by atomic mass is 9.83. The molecule has 0 saturated heterocycles. The average Bonchev–Trinajstić information content (AvgIpc) is 3.67. The third kappa shape index (κ3) is 7.47. The Morgan fingerprint density at radius 2 is 1.40 bits per heavy atom. The zero-order valence-corrected chi connectivity index (χ0v) is 33.9. The van der Waals surface area contributed by atoms with E-state index in [9.17, 15) is 5.11 Å². The van der Waals surface area contributed by atoms with Gasteiger partial charge in [0.2, 0.25) is 0 Å². The second-order valence-electron chi connectivity index (χ2n) is 16.6. The first kappa shape index (κ1) is 28.2. The highest BCUT2D eigenvalue weighted by molar-refractivity contribution is 5.97. The number of rotatable bonds is 8. The lowest BCUT2D eigenvalue weighted by molar-refractivity contribution is 0.466. The van der Waals surface area contributed by atoms with Crippen molar-refractivity contribution in [2.45, 2.75) is 79.4 Å². The maximum atomic E-state index is 12.2. The number of aromatic hydroxyl groups is 1. The van der Waals surface area contributed by atoms with Gasteiger partial charge < -0.3 is 5.11 Å². The summed E-state index contributed by atoms with van der Waals surface area (Å²) in [5, 5.41) is 12.2. The molecule has 4 nitrogen and oxygen atoms in total. The van der Waals surface area contributed by atoms with Gasteiger partial charge >= 0.3 is 0 Å². The van der Waals surface area contributed by atoms with Gasteiger partial charge in [0.25, 0.3) is 0 Å². The van der Waals surface area contributed by atoms with E-state index >= 15 is 0 Å². The highest BCUT2D eigenvalue weighted by Crippen LogP contribution is 2.43. The normalized spacial score (nSPS) is 14.8. The number of benzene rings is 6. The van der Waals surface area contributed by atoms with Gasteiger partial charge in [0, 0.05) is 31.2 Å². The largest absolute Gasteiger partial charge is 0.507 e. The van der Waals surface area contributed by atoms with E-state index in [0.717, 1.165) is 33.4 Å². The van der Waals surface area contributed by atoms with Crippen LogP contribution < -0.4 is 0 Å². The number of hydrogen-bond donors (Lipinski definition) is 1. The lowest BCUT2D eigenvalue weighted by Gasteiger charge is -2.22. The minimum absolute atomic E-state index is 0.0212. The minimum atomic E-state index is -2.84. The van der Waals surface area contributed by atoms with Crippen LogP contribution in [0.3, 0.4) is 0 Å². The third-order valence-electron chi connectivity index (χ3n) is 10.7. The van der Waals surface area contributed by atoms with E-state index in [4.69, 9.17) is 23.7 Å². The molecule has 0 aliphatic carbocycles. The molecule has 0 saturated carbocycles. The molecule has 0 fully saturated rings. The molecule has 8 aromatic rings. The van der Waals surface area contributed by atoms with E-state index in [0.29, 0.717) is 50.5 Å². The summed E-state index contributed by atoms with van der Waals surface area (Å²) in [5.74, 6) is 0.621. The van der Waals surface area contributed by atoms with Gasteiger partial charge in [-0.05, 0) is 130 Å².